The summed E-state index contributed by atoms with van der Waals surface area (Å²) >= 11 is 0. The highest BCUT2D eigenvalue weighted by molar-refractivity contribution is 5.94. The molecule has 3 aromatic rings. The Labute approximate surface area is 199 Å². The highest BCUT2D eigenvalue weighted by Gasteiger charge is 2.28. The Morgan fingerprint density at radius 2 is 1.91 bits per heavy atom. The normalized spacial score (nSPS) is 15.0. The van der Waals surface area contributed by atoms with E-state index >= 15 is 0 Å². The predicted octanol–water partition coefficient (Wildman–Crippen LogP) is 5.59. The first-order chi connectivity index (χ1) is 16.5. The van der Waals surface area contributed by atoms with Crippen LogP contribution in [0.4, 0.5) is 5.69 Å². The number of amides is 1. The molecular formula is C27H31N3O4. The summed E-state index contributed by atoms with van der Waals surface area (Å²) in [5.74, 6) is 0.997. The Morgan fingerprint density at radius 3 is 2.59 bits per heavy atom. The van der Waals surface area contributed by atoms with E-state index in [0.717, 1.165) is 41.2 Å². The van der Waals surface area contributed by atoms with Gasteiger partial charge in [0.05, 0.1) is 12.5 Å². The number of hydrogen-bond acceptors (Lipinski definition) is 5. The third-order valence-electron chi connectivity index (χ3n) is 6.45. The molecule has 7 heteroatoms. The van der Waals surface area contributed by atoms with Crippen molar-refractivity contribution < 1.29 is 19.1 Å². The quantitative estimate of drug-likeness (QED) is 0.384. The zero-order chi connectivity index (χ0) is 23.9. The zero-order valence-corrected chi connectivity index (χ0v) is 19.4. The van der Waals surface area contributed by atoms with Crippen molar-refractivity contribution in [1.29, 1.82) is 0 Å². The van der Waals surface area contributed by atoms with Gasteiger partial charge >= 0.3 is 5.97 Å². The number of furan rings is 1. The second-order valence-electron chi connectivity index (χ2n) is 8.86. The fraction of sp³-hybridized carbons (Fsp3) is 0.370. The largest absolute Gasteiger partial charge is 0.481 e. The smallest absolute Gasteiger partial charge is 0.305 e. The molecule has 1 unspecified atom stereocenters. The first-order valence-electron chi connectivity index (χ1n) is 11.9. The minimum Gasteiger partial charge on any atom is -0.481 e. The first kappa shape index (κ1) is 23.5. The Bertz CT molecular complexity index is 1100. The van der Waals surface area contributed by atoms with Crippen LogP contribution in [0.15, 0.2) is 59.3 Å². The molecule has 3 N–H and O–H groups in total. The topological polar surface area (TPSA) is 104 Å². The van der Waals surface area contributed by atoms with Crippen LogP contribution in [0.1, 0.15) is 66.2 Å². The van der Waals surface area contributed by atoms with Crippen molar-refractivity contribution in [2.75, 3.05) is 11.9 Å². The SMILES string of the molecule is Cc1oc(-c2cccnc2)cc1C(Nc1ccc(C(=O)NCCC(=O)O)cc1)C1CCCCC1. The second kappa shape index (κ2) is 11.0. The van der Waals surface area contributed by atoms with E-state index in [0.29, 0.717) is 11.5 Å². The zero-order valence-electron chi connectivity index (χ0n) is 19.4. The van der Waals surface area contributed by atoms with Gasteiger partial charge in [-0.05, 0) is 68.1 Å². The number of carboxylic acid groups (broad SMARTS) is 1. The molecule has 2 aromatic heterocycles. The number of benzene rings is 1. The number of carbonyl (C=O) groups is 2. The summed E-state index contributed by atoms with van der Waals surface area (Å²) in [4.78, 5) is 27.1. The van der Waals surface area contributed by atoms with Crippen LogP contribution in [0.25, 0.3) is 11.3 Å². The minimum absolute atomic E-state index is 0.0977. The summed E-state index contributed by atoms with van der Waals surface area (Å²) < 4.78 is 6.14. The van der Waals surface area contributed by atoms with Crippen LogP contribution in [0.3, 0.4) is 0 Å². The van der Waals surface area contributed by atoms with E-state index in [1.807, 2.05) is 37.4 Å². The number of carboxylic acids is 1. The van der Waals surface area contributed by atoms with E-state index in [9.17, 15) is 9.59 Å². The number of pyridine rings is 1. The van der Waals surface area contributed by atoms with Gasteiger partial charge in [-0.2, -0.15) is 0 Å². The van der Waals surface area contributed by atoms with Crippen molar-refractivity contribution in [3.8, 4) is 11.3 Å². The van der Waals surface area contributed by atoms with Crippen molar-refractivity contribution in [3.05, 3.63) is 71.7 Å². The minimum atomic E-state index is -0.935. The van der Waals surface area contributed by atoms with Crippen molar-refractivity contribution in [2.45, 2.75) is 51.5 Å². The molecule has 1 aromatic carbocycles. The van der Waals surface area contributed by atoms with Crippen molar-refractivity contribution in [2.24, 2.45) is 5.92 Å². The fourth-order valence-electron chi connectivity index (χ4n) is 4.66. The third kappa shape index (κ3) is 5.84. The molecule has 1 atom stereocenters. The number of rotatable bonds is 9. The Balaban J connectivity index is 1.53. The van der Waals surface area contributed by atoms with Gasteiger partial charge in [0.25, 0.3) is 5.91 Å². The van der Waals surface area contributed by atoms with Crippen LogP contribution < -0.4 is 10.6 Å². The number of hydrogen-bond donors (Lipinski definition) is 3. The van der Waals surface area contributed by atoms with Crippen molar-refractivity contribution in [1.82, 2.24) is 10.3 Å². The van der Waals surface area contributed by atoms with Gasteiger partial charge in [0.2, 0.25) is 0 Å². The monoisotopic (exact) mass is 461 g/mol. The van der Waals surface area contributed by atoms with Gasteiger partial charge in [-0.3, -0.25) is 14.6 Å². The number of anilines is 1. The molecular weight excluding hydrogens is 430 g/mol. The number of aliphatic carboxylic acids is 1. The molecule has 1 saturated carbocycles. The van der Waals surface area contributed by atoms with E-state index in [4.69, 9.17) is 9.52 Å². The van der Waals surface area contributed by atoms with Crippen LogP contribution >= 0.6 is 0 Å². The average Bonchev–Trinajstić information content (AvgIpc) is 3.25. The Kier molecular flexibility index (Phi) is 7.62. The van der Waals surface area contributed by atoms with Gasteiger partial charge in [0, 0.05) is 41.3 Å². The predicted molar refractivity (Wildman–Crippen MR) is 131 cm³/mol. The van der Waals surface area contributed by atoms with Crippen LogP contribution in [0.5, 0.6) is 0 Å². The summed E-state index contributed by atoms with van der Waals surface area (Å²) in [7, 11) is 0. The molecule has 2 heterocycles. The second-order valence-corrected chi connectivity index (χ2v) is 8.86. The van der Waals surface area contributed by atoms with Crippen molar-refractivity contribution in [3.63, 3.8) is 0 Å². The number of aryl methyl sites for hydroxylation is 1. The molecule has 0 aliphatic heterocycles. The van der Waals surface area contributed by atoms with E-state index in [2.05, 4.69) is 21.7 Å². The van der Waals surface area contributed by atoms with Crippen LogP contribution in [-0.2, 0) is 4.79 Å². The molecule has 0 radical (unpaired) electrons. The summed E-state index contributed by atoms with van der Waals surface area (Å²) in [5.41, 5.74) is 3.54. The summed E-state index contributed by atoms with van der Waals surface area (Å²) in [6.07, 6.45) is 9.52. The lowest BCUT2D eigenvalue weighted by Gasteiger charge is -2.31. The number of nitrogens with zero attached hydrogens (tertiary/aromatic N) is 1. The highest BCUT2D eigenvalue weighted by Crippen LogP contribution is 2.40. The van der Waals surface area contributed by atoms with E-state index < -0.39 is 5.97 Å². The fourth-order valence-corrected chi connectivity index (χ4v) is 4.66. The van der Waals surface area contributed by atoms with Gasteiger partial charge < -0.3 is 20.2 Å². The van der Waals surface area contributed by atoms with E-state index in [1.54, 1.807) is 18.3 Å². The molecule has 1 amide bonds. The van der Waals surface area contributed by atoms with Gasteiger partial charge in [0.15, 0.2) is 0 Å². The van der Waals surface area contributed by atoms with Gasteiger partial charge in [-0.1, -0.05) is 19.3 Å². The van der Waals surface area contributed by atoms with Gasteiger partial charge in [-0.15, -0.1) is 0 Å². The molecule has 0 saturated heterocycles. The molecule has 7 nitrogen and oxygen atoms in total. The summed E-state index contributed by atoms with van der Waals surface area (Å²) in [6, 6.07) is 13.5. The first-order valence-corrected chi connectivity index (χ1v) is 11.9. The Morgan fingerprint density at radius 1 is 1.15 bits per heavy atom. The maximum atomic E-state index is 12.3. The molecule has 178 valence electrons. The maximum Gasteiger partial charge on any atom is 0.305 e. The third-order valence-corrected chi connectivity index (χ3v) is 6.45. The lowest BCUT2D eigenvalue weighted by Crippen LogP contribution is -2.26. The van der Waals surface area contributed by atoms with Crippen LogP contribution in [0, 0.1) is 12.8 Å². The molecule has 1 aliphatic carbocycles. The van der Waals surface area contributed by atoms with Crippen LogP contribution in [0.2, 0.25) is 0 Å². The van der Waals surface area contributed by atoms with Crippen LogP contribution in [-0.4, -0.2) is 28.5 Å². The highest BCUT2D eigenvalue weighted by atomic mass is 16.4. The van der Waals surface area contributed by atoms with E-state index in [1.165, 1.54) is 19.3 Å². The molecule has 1 fully saturated rings. The standard InChI is InChI=1S/C27H31N3O4/c1-18-23(16-24(34-18)21-8-5-14-28-17-21)26(19-6-3-2-4-7-19)30-22-11-9-20(10-12-22)27(33)29-15-13-25(31)32/h5,8-12,14,16-17,19,26,30H,2-4,6-7,13,15H2,1H3,(H,29,33)(H,31,32). The number of carbonyl (C=O) groups excluding carboxylic acids is 1. The lowest BCUT2D eigenvalue weighted by molar-refractivity contribution is -0.136. The molecule has 4 rings (SSSR count). The van der Waals surface area contributed by atoms with Gasteiger partial charge in [-0.25, -0.2) is 0 Å². The molecule has 0 bridgehead atoms. The Hall–Kier alpha value is -3.61. The average molecular weight is 462 g/mol. The van der Waals surface area contributed by atoms with Crippen molar-refractivity contribution >= 4 is 17.6 Å². The number of aromatic nitrogens is 1. The number of nitrogens with one attached hydrogen (secondary N) is 2. The summed E-state index contributed by atoms with van der Waals surface area (Å²) in [5, 5.41) is 15.1. The molecule has 1 aliphatic rings. The maximum absolute atomic E-state index is 12.3. The summed E-state index contributed by atoms with van der Waals surface area (Å²) in [6.45, 7) is 2.12. The lowest BCUT2D eigenvalue weighted by atomic mass is 9.81. The van der Waals surface area contributed by atoms with E-state index in [-0.39, 0.29) is 24.9 Å². The molecule has 0 spiro atoms. The van der Waals surface area contributed by atoms with Gasteiger partial charge in [0.1, 0.15) is 11.5 Å². The molecule has 34 heavy (non-hydrogen) atoms.